The molecular weight excluding hydrogens is 422 g/mol. The summed E-state index contributed by atoms with van der Waals surface area (Å²) in [5.41, 5.74) is -1.33. The van der Waals surface area contributed by atoms with Gasteiger partial charge in [0.2, 0.25) is 21.8 Å². The summed E-state index contributed by atoms with van der Waals surface area (Å²) in [5.74, 6) is -3.06. The first-order valence-corrected chi connectivity index (χ1v) is 12.7. The van der Waals surface area contributed by atoms with Crippen molar-refractivity contribution in [1.29, 1.82) is 0 Å². The molecule has 1 aliphatic heterocycles. The minimum absolute atomic E-state index is 0.147. The van der Waals surface area contributed by atoms with Gasteiger partial charge < -0.3 is 15.3 Å². The molecule has 0 aromatic rings. The van der Waals surface area contributed by atoms with Gasteiger partial charge in [-0.3, -0.25) is 19.1 Å². The Hall–Kier alpha value is -1.94. The molecule has 3 amide bonds. The Balaban J connectivity index is 1.58. The molecule has 4 aliphatic rings. The van der Waals surface area contributed by atoms with Gasteiger partial charge >= 0.3 is 0 Å². The van der Waals surface area contributed by atoms with Crippen LogP contribution in [0.2, 0.25) is 0 Å². The average molecular weight is 454 g/mol. The molecule has 0 aromatic heterocycles. The van der Waals surface area contributed by atoms with Crippen molar-refractivity contribution in [3.8, 4) is 0 Å². The molecule has 4 rings (SSSR count). The van der Waals surface area contributed by atoms with E-state index in [-0.39, 0.29) is 24.7 Å². The Labute approximate surface area is 182 Å². The van der Waals surface area contributed by atoms with Crippen molar-refractivity contribution in [3.63, 3.8) is 0 Å². The van der Waals surface area contributed by atoms with Crippen LogP contribution in [-0.2, 0) is 24.4 Å². The molecule has 0 spiro atoms. The fourth-order valence-corrected chi connectivity index (χ4v) is 6.18. The molecular formula is C21H31N3O6S. The molecule has 3 N–H and O–H groups in total. The first kappa shape index (κ1) is 22.3. The molecule has 9 nitrogen and oxygen atoms in total. The number of nitrogens with zero attached hydrogens (tertiary/aromatic N) is 1. The summed E-state index contributed by atoms with van der Waals surface area (Å²) >= 11 is 0. The number of hydrogen-bond acceptors (Lipinski definition) is 6. The number of amides is 3. The van der Waals surface area contributed by atoms with Gasteiger partial charge in [0.1, 0.15) is 5.54 Å². The minimum atomic E-state index is -3.74. The number of nitrogens with one attached hydrogen (secondary N) is 2. The maximum absolute atomic E-state index is 13.2. The molecule has 172 valence electrons. The zero-order chi connectivity index (χ0) is 22.4. The highest BCUT2D eigenvalue weighted by atomic mass is 32.2. The number of aliphatic hydroxyl groups excluding tert-OH is 1. The van der Waals surface area contributed by atoms with E-state index in [2.05, 4.69) is 10.0 Å². The van der Waals surface area contributed by atoms with Crippen LogP contribution in [0, 0.1) is 17.8 Å². The molecule has 5 atom stereocenters. The van der Waals surface area contributed by atoms with Crippen LogP contribution in [0.25, 0.3) is 0 Å². The Kier molecular flexibility index (Phi) is 5.89. The third kappa shape index (κ3) is 4.50. The monoisotopic (exact) mass is 453 g/mol. The van der Waals surface area contributed by atoms with Crippen LogP contribution in [0.3, 0.4) is 0 Å². The summed E-state index contributed by atoms with van der Waals surface area (Å²) in [4.78, 5) is 40.7. The van der Waals surface area contributed by atoms with E-state index in [0.717, 1.165) is 19.3 Å². The summed E-state index contributed by atoms with van der Waals surface area (Å²) in [7, 11) is -2.04. The lowest BCUT2D eigenvalue weighted by Gasteiger charge is -2.26. The lowest BCUT2D eigenvalue weighted by molar-refractivity contribution is -0.140. The fraction of sp³-hybridized carbons (Fsp3) is 0.762. The molecule has 0 saturated heterocycles. The van der Waals surface area contributed by atoms with Crippen molar-refractivity contribution < 1.29 is 27.9 Å². The number of aliphatic hydroxyl groups is 1. The van der Waals surface area contributed by atoms with Crippen LogP contribution in [0.15, 0.2) is 12.2 Å². The molecule has 31 heavy (non-hydrogen) atoms. The maximum Gasteiger partial charge on any atom is 0.259 e. The summed E-state index contributed by atoms with van der Waals surface area (Å²) < 4.78 is 26.8. The predicted molar refractivity (Wildman–Crippen MR) is 112 cm³/mol. The number of carbonyl (C=O) groups excluding carboxylic acids is 3. The van der Waals surface area contributed by atoms with Crippen molar-refractivity contribution in [2.45, 2.75) is 68.3 Å². The number of carbonyl (C=O) groups is 3. The highest BCUT2D eigenvalue weighted by Crippen LogP contribution is 2.46. The second kappa shape index (κ2) is 8.20. The number of rotatable bonds is 3. The van der Waals surface area contributed by atoms with Crippen LogP contribution in [0.5, 0.6) is 0 Å². The number of fused-ring (bicyclic) bond motifs is 2. The zero-order valence-electron chi connectivity index (χ0n) is 17.7. The van der Waals surface area contributed by atoms with Gasteiger partial charge in [0, 0.05) is 19.5 Å². The fourth-order valence-electron chi connectivity index (χ4n) is 4.81. The Morgan fingerprint density at radius 1 is 1.23 bits per heavy atom. The normalized spacial score (nSPS) is 36.8. The molecule has 3 fully saturated rings. The van der Waals surface area contributed by atoms with Crippen molar-refractivity contribution >= 4 is 27.7 Å². The van der Waals surface area contributed by atoms with Crippen molar-refractivity contribution in [2.24, 2.45) is 17.8 Å². The Bertz CT molecular complexity index is 899. The third-order valence-electron chi connectivity index (χ3n) is 7.01. The van der Waals surface area contributed by atoms with Crippen LogP contribution < -0.4 is 10.0 Å². The van der Waals surface area contributed by atoms with Crippen molar-refractivity contribution in [3.05, 3.63) is 12.2 Å². The van der Waals surface area contributed by atoms with E-state index in [4.69, 9.17) is 0 Å². The largest absolute Gasteiger partial charge is 0.393 e. The first-order chi connectivity index (χ1) is 14.6. The number of sulfonamides is 1. The highest BCUT2D eigenvalue weighted by Gasteiger charge is 2.62. The van der Waals surface area contributed by atoms with Gasteiger partial charge in [-0.25, -0.2) is 8.42 Å². The standard InChI is InChI=1S/C21H31N3O6S/c1-24-9-5-3-2-4-6-13-12-21(13,20(28)23-31(29,30)15-7-8-15)22-18(26)16-10-14(25)11-17(16)19(24)27/h4,6,13-17,25H,2-3,5,7-12H2,1H3,(H,22,26)(H,23,28)/t13-,14+,16-,17-,21-/m1/s1. The smallest absolute Gasteiger partial charge is 0.259 e. The predicted octanol–water partition coefficient (Wildman–Crippen LogP) is 0.0553. The molecule has 10 heteroatoms. The van der Waals surface area contributed by atoms with Gasteiger partial charge in [0.25, 0.3) is 5.91 Å². The molecule has 3 saturated carbocycles. The van der Waals surface area contributed by atoms with Gasteiger partial charge in [0.05, 0.1) is 23.2 Å². The van der Waals surface area contributed by atoms with E-state index in [1.165, 1.54) is 0 Å². The molecule has 3 aliphatic carbocycles. The van der Waals surface area contributed by atoms with Crippen LogP contribution in [-0.4, -0.2) is 66.6 Å². The number of allylic oxidation sites excluding steroid dienone is 1. The van der Waals surface area contributed by atoms with E-state index in [9.17, 15) is 27.9 Å². The molecule has 0 bridgehead atoms. The van der Waals surface area contributed by atoms with Gasteiger partial charge in [-0.05, 0) is 51.4 Å². The topological polar surface area (TPSA) is 133 Å². The van der Waals surface area contributed by atoms with Gasteiger partial charge in [-0.2, -0.15) is 0 Å². The first-order valence-electron chi connectivity index (χ1n) is 11.1. The van der Waals surface area contributed by atoms with E-state index in [1.54, 1.807) is 11.9 Å². The lowest BCUT2D eigenvalue weighted by atomic mass is 9.93. The Morgan fingerprint density at radius 2 is 1.94 bits per heavy atom. The summed E-state index contributed by atoms with van der Waals surface area (Å²) in [5, 5.41) is 12.4. The van der Waals surface area contributed by atoms with E-state index < -0.39 is 50.6 Å². The summed E-state index contributed by atoms with van der Waals surface area (Å²) in [6, 6.07) is 0. The average Bonchev–Trinajstić information content (AvgIpc) is 3.61. The molecule has 0 aromatic carbocycles. The molecule has 0 radical (unpaired) electrons. The second-order valence-corrected chi connectivity index (χ2v) is 11.4. The van der Waals surface area contributed by atoms with Gasteiger partial charge in [0.15, 0.2) is 0 Å². The number of hydrogen-bond donors (Lipinski definition) is 3. The van der Waals surface area contributed by atoms with Crippen molar-refractivity contribution in [2.75, 3.05) is 13.6 Å². The minimum Gasteiger partial charge on any atom is -0.393 e. The Morgan fingerprint density at radius 3 is 2.65 bits per heavy atom. The molecule has 0 unspecified atom stereocenters. The maximum atomic E-state index is 13.2. The third-order valence-corrected chi connectivity index (χ3v) is 8.83. The second-order valence-electron chi connectivity index (χ2n) is 9.47. The zero-order valence-corrected chi connectivity index (χ0v) is 18.6. The van der Waals surface area contributed by atoms with Gasteiger partial charge in [-0.15, -0.1) is 0 Å². The van der Waals surface area contributed by atoms with Crippen molar-refractivity contribution in [1.82, 2.24) is 14.9 Å². The SMILES string of the molecule is CN1CCCCC=C[C@@H]2C[C@@]2(C(=O)NS(=O)(=O)C2CC2)NC(=O)[C@@H]2C[C@H](O)C[C@H]2C1=O. The van der Waals surface area contributed by atoms with Crippen LogP contribution >= 0.6 is 0 Å². The van der Waals surface area contributed by atoms with Crippen LogP contribution in [0.4, 0.5) is 0 Å². The van der Waals surface area contributed by atoms with E-state index >= 15 is 0 Å². The lowest BCUT2D eigenvalue weighted by Crippen LogP contribution is -2.54. The quantitative estimate of drug-likeness (QED) is 0.518. The highest BCUT2D eigenvalue weighted by molar-refractivity contribution is 7.91. The van der Waals surface area contributed by atoms with E-state index in [1.807, 2.05) is 12.2 Å². The van der Waals surface area contributed by atoms with Crippen LogP contribution in [0.1, 0.15) is 51.4 Å². The molecule has 1 heterocycles. The van der Waals surface area contributed by atoms with E-state index in [0.29, 0.717) is 25.8 Å². The summed E-state index contributed by atoms with van der Waals surface area (Å²) in [6.45, 7) is 0.586. The van der Waals surface area contributed by atoms with Gasteiger partial charge in [-0.1, -0.05) is 12.2 Å². The summed E-state index contributed by atoms with van der Waals surface area (Å²) in [6.07, 6.45) is 7.27.